The average Bonchev–Trinajstić information content (AvgIpc) is 2.84. The van der Waals surface area contributed by atoms with E-state index in [4.69, 9.17) is 20.2 Å². The van der Waals surface area contributed by atoms with Gasteiger partial charge in [-0.2, -0.15) is 0 Å². The second-order valence-electron chi connectivity index (χ2n) is 8.74. The maximum atomic E-state index is 12.6. The number of anilines is 1. The van der Waals surface area contributed by atoms with Crippen molar-refractivity contribution in [2.24, 2.45) is 5.73 Å². The van der Waals surface area contributed by atoms with Crippen molar-refractivity contribution in [2.75, 3.05) is 24.7 Å². The fourth-order valence-corrected chi connectivity index (χ4v) is 4.50. The van der Waals surface area contributed by atoms with Gasteiger partial charge in [0, 0.05) is 16.7 Å². The van der Waals surface area contributed by atoms with Gasteiger partial charge in [0.1, 0.15) is 12.2 Å². The Morgan fingerprint density at radius 3 is 2.50 bits per heavy atom. The maximum absolute atomic E-state index is 12.6. The predicted octanol–water partition coefficient (Wildman–Crippen LogP) is 4.04. The first-order valence-corrected chi connectivity index (χ1v) is 11.6. The fraction of sp³-hybridized carbons (Fsp3) is 0.296. The molecule has 0 radical (unpaired) electrons. The summed E-state index contributed by atoms with van der Waals surface area (Å²) in [6.45, 7) is 1.61. The lowest BCUT2D eigenvalue weighted by molar-refractivity contribution is -0.142. The zero-order valence-corrected chi connectivity index (χ0v) is 19.1. The second kappa shape index (κ2) is 8.91. The Bertz CT molecular complexity index is 1220. The van der Waals surface area contributed by atoms with Gasteiger partial charge >= 0.3 is 5.97 Å². The molecule has 1 amide bonds. The number of aromatic nitrogens is 1. The van der Waals surface area contributed by atoms with Crippen molar-refractivity contribution in [3.05, 3.63) is 66.2 Å². The largest absolute Gasteiger partial charge is 0.466 e. The smallest absolute Gasteiger partial charge is 0.326 e. The molecule has 5 rings (SSSR count). The Morgan fingerprint density at radius 1 is 1.12 bits per heavy atom. The number of rotatable bonds is 6. The number of nitrogens with zero attached hydrogens (tertiary/aromatic N) is 2. The van der Waals surface area contributed by atoms with Crippen LogP contribution < -0.4 is 15.4 Å². The minimum Gasteiger partial charge on any atom is -0.466 e. The van der Waals surface area contributed by atoms with E-state index < -0.39 is 5.97 Å². The number of benzene rings is 2. The van der Waals surface area contributed by atoms with Gasteiger partial charge < -0.3 is 15.2 Å². The van der Waals surface area contributed by atoms with Crippen LogP contribution in [0.2, 0.25) is 0 Å². The highest BCUT2D eigenvalue weighted by atomic mass is 16.5. The van der Waals surface area contributed by atoms with Crippen LogP contribution in [0.3, 0.4) is 0 Å². The number of esters is 1. The van der Waals surface area contributed by atoms with Gasteiger partial charge in [-0.3, -0.25) is 14.5 Å². The molecule has 0 saturated heterocycles. The van der Waals surface area contributed by atoms with Crippen LogP contribution in [-0.2, 0) is 19.9 Å². The molecule has 2 N–H and O–H groups in total. The third-order valence-electron chi connectivity index (χ3n) is 6.55. The third kappa shape index (κ3) is 4.03. The summed E-state index contributed by atoms with van der Waals surface area (Å²) in [7, 11) is 0. The number of hydrogen-bond acceptors (Lipinski definition) is 6. The molecule has 1 aromatic heterocycles. The van der Waals surface area contributed by atoms with E-state index in [-0.39, 0.29) is 31.2 Å². The molecule has 0 unspecified atom stereocenters. The van der Waals surface area contributed by atoms with Gasteiger partial charge in [-0.25, -0.2) is 4.98 Å². The topological polar surface area (TPSA) is 94.8 Å². The summed E-state index contributed by atoms with van der Waals surface area (Å²) in [6, 6.07) is 19.9. The van der Waals surface area contributed by atoms with E-state index >= 15 is 0 Å². The molecule has 34 heavy (non-hydrogen) atoms. The quantitative estimate of drug-likeness (QED) is 0.562. The Balaban J connectivity index is 1.60. The third-order valence-corrected chi connectivity index (χ3v) is 6.55. The SMILES string of the molecule is CCOC(=O)CN1C(=O)COc2nc(-c3ccc(C4(N)CCC4)cc3)c(-c3ccccc3)cc21. The average molecular weight is 458 g/mol. The van der Waals surface area contributed by atoms with E-state index in [2.05, 4.69) is 12.1 Å². The summed E-state index contributed by atoms with van der Waals surface area (Å²) in [5.41, 5.74) is 11.3. The van der Waals surface area contributed by atoms with Crippen molar-refractivity contribution < 1.29 is 19.1 Å². The zero-order valence-electron chi connectivity index (χ0n) is 19.1. The molecule has 1 saturated carbocycles. The van der Waals surface area contributed by atoms with E-state index in [1.54, 1.807) is 6.92 Å². The number of hydrogen-bond donors (Lipinski definition) is 1. The number of carbonyl (C=O) groups excluding carboxylic acids is 2. The minimum atomic E-state index is -0.476. The first kappa shape index (κ1) is 22.1. The van der Waals surface area contributed by atoms with Crippen LogP contribution in [0.1, 0.15) is 31.7 Å². The highest BCUT2D eigenvalue weighted by Crippen LogP contribution is 2.42. The van der Waals surface area contributed by atoms with Crippen molar-refractivity contribution >= 4 is 17.6 Å². The van der Waals surface area contributed by atoms with E-state index in [9.17, 15) is 9.59 Å². The fourth-order valence-electron chi connectivity index (χ4n) is 4.50. The van der Waals surface area contributed by atoms with Crippen molar-refractivity contribution in [2.45, 2.75) is 31.7 Å². The van der Waals surface area contributed by atoms with Gasteiger partial charge in [0.15, 0.2) is 6.61 Å². The van der Waals surface area contributed by atoms with Gasteiger partial charge in [-0.05, 0) is 43.4 Å². The maximum Gasteiger partial charge on any atom is 0.326 e. The van der Waals surface area contributed by atoms with E-state index in [1.807, 2.05) is 48.5 Å². The van der Waals surface area contributed by atoms with Crippen molar-refractivity contribution in [1.82, 2.24) is 4.98 Å². The lowest BCUT2D eigenvalue weighted by atomic mass is 9.72. The highest BCUT2D eigenvalue weighted by Gasteiger charge is 2.34. The van der Waals surface area contributed by atoms with Crippen molar-refractivity contribution in [3.63, 3.8) is 0 Å². The van der Waals surface area contributed by atoms with Crippen LogP contribution in [0.25, 0.3) is 22.4 Å². The molecule has 7 nitrogen and oxygen atoms in total. The summed E-state index contributed by atoms with van der Waals surface area (Å²) < 4.78 is 10.8. The first-order chi connectivity index (χ1) is 16.5. The molecule has 1 aliphatic heterocycles. The minimum absolute atomic E-state index is 0.182. The van der Waals surface area contributed by atoms with Gasteiger partial charge in [0.2, 0.25) is 5.88 Å². The Morgan fingerprint density at radius 2 is 1.85 bits per heavy atom. The number of nitrogens with two attached hydrogens (primary N) is 1. The van der Waals surface area contributed by atoms with Crippen LogP contribution in [0.5, 0.6) is 5.88 Å². The summed E-state index contributed by atoms with van der Waals surface area (Å²) in [5.74, 6) is -0.472. The molecule has 3 aromatic rings. The van der Waals surface area contributed by atoms with Gasteiger partial charge in [0.05, 0.1) is 12.3 Å². The van der Waals surface area contributed by atoms with Crippen LogP contribution in [0, 0.1) is 0 Å². The molecule has 174 valence electrons. The number of amides is 1. The Kier molecular flexibility index (Phi) is 5.79. The predicted molar refractivity (Wildman–Crippen MR) is 129 cm³/mol. The molecule has 1 fully saturated rings. The van der Waals surface area contributed by atoms with Gasteiger partial charge in [0.25, 0.3) is 5.91 Å². The van der Waals surface area contributed by atoms with E-state index in [1.165, 1.54) is 4.90 Å². The van der Waals surface area contributed by atoms with Crippen LogP contribution >= 0.6 is 0 Å². The van der Waals surface area contributed by atoms with Gasteiger partial charge in [-0.1, -0.05) is 54.6 Å². The summed E-state index contributed by atoms with van der Waals surface area (Å²) in [4.78, 5) is 31.0. The monoisotopic (exact) mass is 457 g/mol. The summed E-state index contributed by atoms with van der Waals surface area (Å²) in [6.07, 6.45) is 3.15. The van der Waals surface area contributed by atoms with Crippen LogP contribution in [-0.4, -0.2) is 36.6 Å². The van der Waals surface area contributed by atoms with Crippen molar-refractivity contribution in [3.8, 4) is 28.3 Å². The molecule has 2 heterocycles. The molecule has 1 aliphatic carbocycles. The Hall–Kier alpha value is -3.71. The molecule has 0 spiro atoms. The number of ether oxygens (including phenoxy) is 2. The molecule has 2 aromatic carbocycles. The Labute approximate surface area is 198 Å². The summed E-state index contributed by atoms with van der Waals surface area (Å²) >= 11 is 0. The molecular weight excluding hydrogens is 430 g/mol. The normalized spacial score (nSPS) is 16.3. The zero-order chi connectivity index (χ0) is 23.7. The van der Waals surface area contributed by atoms with Gasteiger partial charge in [-0.15, -0.1) is 0 Å². The van der Waals surface area contributed by atoms with Crippen molar-refractivity contribution in [1.29, 1.82) is 0 Å². The molecule has 0 bridgehead atoms. The van der Waals surface area contributed by atoms with E-state index in [0.29, 0.717) is 11.6 Å². The second-order valence-corrected chi connectivity index (χ2v) is 8.74. The van der Waals surface area contributed by atoms with Crippen LogP contribution in [0.15, 0.2) is 60.7 Å². The lowest BCUT2D eigenvalue weighted by Gasteiger charge is -2.38. The number of pyridine rings is 1. The number of carbonyl (C=O) groups is 2. The van der Waals surface area contributed by atoms with E-state index in [0.717, 1.165) is 47.2 Å². The molecule has 0 atom stereocenters. The van der Waals surface area contributed by atoms with Crippen LogP contribution in [0.4, 0.5) is 5.69 Å². The highest BCUT2D eigenvalue weighted by molar-refractivity contribution is 6.02. The first-order valence-electron chi connectivity index (χ1n) is 11.6. The summed E-state index contributed by atoms with van der Waals surface area (Å²) in [5, 5.41) is 0. The molecule has 7 heteroatoms. The number of fused-ring (bicyclic) bond motifs is 1. The lowest BCUT2D eigenvalue weighted by Crippen LogP contribution is -2.43. The molecule has 2 aliphatic rings. The standard InChI is InChI=1S/C27H27N3O4/c1-2-33-24(32)16-30-22-15-21(18-7-4-3-5-8-18)25(29-26(22)34-17-23(30)31)19-9-11-20(12-10-19)27(28)13-6-14-27/h3-5,7-12,15H,2,6,13-14,16-17,28H2,1H3. The molecular formula is C27H27N3O4.